The molecule has 10 heteroatoms. The number of sulfonamides is 1. The third-order valence-electron chi connectivity index (χ3n) is 4.20. The molecule has 8 nitrogen and oxygen atoms in total. The summed E-state index contributed by atoms with van der Waals surface area (Å²) >= 11 is 0. The van der Waals surface area contributed by atoms with E-state index in [4.69, 9.17) is 0 Å². The lowest BCUT2D eigenvalue weighted by Gasteiger charge is -2.16. The number of nitrogens with one attached hydrogen (secondary N) is 1. The van der Waals surface area contributed by atoms with Gasteiger partial charge in [-0.15, -0.1) is 0 Å². The maximum Gasteiger partial charge on any atom is 0.305 e. The Morgan fingerprint density at radius 3 is 2.52 bits per heavy atom. The Hall–Kier alpha value is -2.85. The molecule has 0 radical (unpaired) electrons. The lowest BCUT2D eigenvalue weighted by molar-refractivity contribution is -0.387. The second-order valence-electron chi connectivity index (χ2n) is 6.02. The standard InChI is InChI=1S/C17H16FN3O5S/c18-15-7-6-12(10-16(15)21(23)24)17(22)19-13-4-3-5-14(11-13)27(25,26)20-8-1-2-9-20/h3-7,10-11H,1-2,8-9H2,(H,19,22). The number of hydrogen-bond acceptors (Lipinski definition) is 5. The average molecular weight is 393 g/mol. The molecule has 3 rings (SSSR count). The summed E-state index contributed by atoms with van der Waals surface area (Å²) in [6.07, 6.45) is 1.61. The molecule has 1 fully saturated rings. The van der Waals surface area contributed by atoms with Gasteiger partial charge in [0.15, 0.2) is 0 Å². The lowest BCUT2D eigenvalue weighted by atomic mass is 10.1. The van der Waals surface area contributed by atoms with Crippen molar-refractivity contribution in [2.24, 2.45) is 0 Å². The highest BCUT2D eigenvalue weighted by atomic mass is 32.2. The second-order valence-corrected chi connectivity index (χ2v) is 7.95. The Bertz CT molecular complexity index is 1000. The van der Waals surface area contributed by atoms with Crippen LogP contribution in [0, 0.1) is 15.9 Å². The fraction of sp³-hybridized carbons (Fsp3) is 0.235. The highest BCUT2D eigenvalue weighted by molar-refractivity contribution is 7.89. The van der Waals surface area contributed by atoms with E-state index in [1.165, 1.54) is 28.6 Å². The maximum atomic E-state index is 13.4. The Morgan fingerprint density at radius 2 is 1.85 bits per heavy atom. The van der Waals surface area contributed by atoms with Crippen LogP contribution in [0.5, 0.6) is 0 Å². The van der Waals surface area contributed by atoms with E-state index in [-0.39, 0.29) is 16.1 Å². The number of carbonyl (C=O) groups is 1. The first-order chi connectivity index (χ1) is 12.8. The van der Waals surface area contributed by atoms with Crippen LogP contribution in [0.3, 0.4) is 0 Å². The number of benzene rings is 2. The maximum absolute atomic E-state index is 13.4. The molecule has 1 heterocycles. The number of hydrogen-bond donors (Lipinski definition) is 1. The quantitative estimate of drug-likeness (QED) is 0.620. The normalized spacial score (nSPS) is 14.9. The van der Waals surface area contributed by atoms with Gasteiger partial charge >= 0.3 is 5.69 Å². The Kier molecular flexibility index (Phi) is 5.19. The minimum atomic E-state index is -3.64. The van der Waals surface area contributed by atoms with E-state index in [1.807, 2.05) is 0 Å². The van der Waals surface area contributed by atoms with Crippen molar-refractivity contribution >= 4 is 27.3 Å². The summed E-state index contributed by atoms with van der Waals surface area (Å²) in [4.78, 5) is 22.2. The number of amides is 1. The molecular weight excluding hydrogens is 377 g/mol. The van der Waals surface area contributed by atoms with E-state index in [9.17, 15) is 27.7 Å². The first-order valence-corrected chi connectivity index (χ1v) is 9.58. The van der Waals surface area contributed by atoms with Crippen LogP contribution < -0.4 is 5.32 Å². The molecule has 0 bridgehead atoms. The molecule has 2 aromatic carbocycles. The molecule has 27 heavy (non-hydrogen) atoms. The third-order valence-corrected chi connectivity index (χ3v) is 6.09. The van der Waals surface area contributed by atoms with Crippen LogP contribution in [0.1, 0.15) is 23.2 Å². The summed E-state index contributed by atoms with van der Waals surface area (Å²) in [5, 5.41) is 13.3. The highest BCUT2D eigenvalue weighted by Gasteiger charge is 2.27. The van der Waals surface area contributed by atoms with Crippen molar-refractivity contribution < 1.29 is 22.5 Å². The highest BCUT2D eigenvalue weighted by Crippen LogP contribution is 2.24. The van der Waals surface area contributed by atoms with Gasteiger partial charge in [0.25, 0.3) is 5.91 Å². The first kappa shape index (κ1) is 18.9. The summed E-state index contributed by atoms with van der Waals surface area (Å²) in [7, 11) is -3.64. The number of rotatable bonds is 5. The van der Waals surface area contributed by atoms with Gasteiger partial charge < -0.3 is 5.32 Å². The number of anilines is 1. The Balaban J connectivity index is 1.83. The first-order valence-electron chi connectivity index (χ1n) is 8.14. The van der Waals surface area contributed by atoms with Crippen molar-refractivity contribution in [2.75, 3.05) is 18.4 Å². The molecule has 1 saturated heterocycles. The van der Waals surface area contributed by atoms with E-state index in [1.54, 1.807) is 0 Å². The molecule has 0 saturated carbocycles. The summed E-state index contributed by atoms with van der Waals surface area (Å²) < 4.78 is 40.0. The Labute approximate surface area is 154 Å². The van der Waals surface area contributed by atoms with E-state index in [2.05, 4.69) is 5.32 Å². The van der Waals surface area contributed by atoms with E-state index in [0.717, 1.165) is 31.0 Å². The molecule has 2 aromatic rings. The Morgan fingerprint density at radius 1 is 1.15 bits per heavy atom. The van der Waals surface area contributed by atoms with Gasteiger partial charge in [-0.05, 0) is 43.2 Å². The average Bonchev–Trinajstić information content (AvgIpc) is 3.17. The summed E-state index contributed by atoms with van der Waals surface area (Å²) in [5.74, 6) is -1.76. The summed E-state index contributed by atoms with van der Waals surface area (Å²) in [5.41, 5.74) is -0.712. The van der Waals surface area contributed by atoms with Crippen LogP contribution in [0.2, 0.25) is 0 Å². The molecule has 0 atom stereocenters. The lowest BCUT2D eigenvalue weighted by Crippen LogP contribution is -2.27. The molecule has 0 unspecified atom stereocenters. The SMILES string of the molecule is O=C(Nc1cccc(S(=O)(=O)N2CCCC2)c1)c1ccc(F)c([N+](=O)[O-])c1. The van der Waals surface area contributed by atoms with Gasteiger partial charge in [-0.2, -0.15) is 8.70 Å². The van der Waals surface area contributed by atoms with Crippen molar-refractivity contribution in [2.45, 2.75) is 17.7 Å². The van der Waals surface area contributed by atoms with Crippen molar-refractivity contribution in [1.29, 1.82) is 0 Å². The topological polar surface area (TPSA) is 110 Å². The zero-order chi connectivity index (χ0) is 19.6. The van der Waals surface area contributed by atoms with Crippen LogP contribution >= 0.6 is 0 Å². The van der Waals surface area contributed by atoms with Gasteiger partial charge in [0.2, 0.25) is 15.8 Å². The van der Waals surface area contributed by atoms with E-state index < -0.39 is 32.4 Å². The number of nitro benzene ring substituents is 1. The van der Waals surface area contributed by atoms with Crippen LogP contribution in [0.25, 0.3) is 0 Å². The van der Waals surface area contributed by atoms with Gasteiger partial charge in [0, 0.05) is 30.4 Å². The zero-order valence-electron chi connectivity index (χ0n) is 14.1. The minimum Gasteiger partial charge on any atom is -0.322 e. The smallest absolute Gasteiger partial charge is 0.305 e. The molecule has 1 N–H and O–H groups in total. The minimum absolute atomic E-state index is 0.0484. The van der Waals surface area contributed by atoms with Crippen molar-refractivity contribution in [3.63, 3.8) is 0 Å². The number of halogens is 1. The molecule has 1 aliphatic heterocycles. The number of nitrogens with zero attached hydrogens (tertiary/aromatic N) is 2. The van der Waals surface area contributed by atoms with Gasteiger partial charge in [0.1, 0.15) is 0 Å². The van der Waals surface area contributed by atoms with Gasteiger partial charge in [-0.1, -0.05) is 6.07 Å². The predicted octanol–water partition coefficient (Wildman–Crippen LogP) is 2.77. The number of carbonyl (C=O) groups excluding carboxylic acids is 1. The zero-order valence-corrected chi connectivity index (χ0v) is 14.9. The van der Waals surface area contributed by atoms with Crippen molar-refractivity contribution in [3.05, 3.63) is 64.0 Å². The van der Waals surface area contributed by atoms with Crippen LogP contribution in [-0.4, -0.2) is 36.6 Å². The van der Waals surface area contributed by atoms with Gasteiger partial charge in [-0.3, -0.25) is 14.9 Å². The van der Waals surface area contributed by atoms with E-state index >= 15 is 0 Å². The van der Waals surface area contributed by atoms with E-state index in [0.29, 0.717) is 13.1 Å². The molecular formula is C17H16FN3O5S. The molecule has 0 spiro atoms. The van der Waals surface area contributed by atoms with Crippen LogP contribution in [0.15, 0.2) is 47.4 Å². The fourth-order valence-corrected chi connectivity index (χ4v) is 4.37. The monoisotopic (exact) mass is 393 g/mol. The molecule has 0 aliphatic carbocycles. The molecule has 1 amide bonds. The fourth-order valence-electron chi connectivity index (χ4n) is 2.81. The van der Waals surface area contributed by atoms with Gasteiger partial charge in [0.05, 0.1) is 9.82 Å². The molecule has 0 aromatic heterocycles. The molecule has 142 valence electrons. The second kappa shape index (κ2) is 7.41. The van der Waals surface area contributed by atoms with Gasteiger partial charge in [-0.25, -0.2) is 8.42 Å². The predicted molar refractivity (Wildman–Crippen MR) is 95.4 cm³/mol. The van der Waals surface area contributed by atoms with Crippen molar-refractivity contribution in [1.82, 2.24) is 4.31 Å². The summed E-state index contributed by atoms with van der Waals surface area (Å²) in [6, 6.07) is 8.53. The third kappa shape index (κ3) is 3.96. The van der Waals surface area contributed by atoms with Crippen LogP contribution in [0.4, 0.5) is 15.8 Å². The van der Waals surface area contributed by atoms with Crippen LogP contribution in [-0.2, 0) is 10.0 Å². The summed E-state index contributed by atoms with van der Waals surface area (Å²) in [6.45, 7) is 0.913. The largest absolute Gasteiger partial charge is 0.322 e. The number of nitro groups is 1. The molecule has 1 aliphatic rings. The van der Waals surface area contributed by atoms with Crippen molar-refractivity contribution in [3.8, 4) is 0 Å².